The predicted octanol–water partition coefficient (Wildman–Crippen LogP) is 7.80. The summed E-state index contributed by atoms with van der Waals surface area (Å²) in [6.07, 6.45) is 5.00. The number of hydrogen-bond acceptors (Lipinski definition) is 3. The summed E-state index contributed by atoms with van der Waals surface area (Å²) in [5.41, 5.74) is 4.25. The summed E-state index contributed by atoms with van der Waals surface area (Å²) >= 11 is 0. The zero-order chi connectivity index (χ0) is 25.4. The smallest absolute Gasteiger partial charge is 0.169 e. The molecule has 0 saturated carbocycles. The van der Waals surface area contributed by atoms with Gasteiger partial charge in [-0.3, -0.25) is 4.79 Å². The molecule has 0 bridgehead atoms. The van der Waals surface area contributed by atoms with E-state index in [1.807, 2.05) is 10.7 Å². The predicted molar refractivity (Wildman–Crippen MR) is 145 cm³/mol. The van der Waals surface area contributed by atoms with Crippen molar-refractivity contribution in [3.8, 4) is 0 Å². The highest BCUT2D eigenvalue weighted by Gasteiger charge is 2.38. The Balaban J connectivity index is 1.65. The largest absolute Gasteiger partial charge is 0.363 e. The summed E-state index contributed by atoms with van der Waals surface area (Å²) in [6, 6.07) is 19.6. The minimum atomic E-state index is -0.189. The molecular weight excluding hydrogens is 430 g/mol. The number of rotatable bonds is 7. The van der Waals surface area contributed by atoms with Gasteiger partial charge in [-0.25, -0.2) is 4.68 Å². The lowest BCUT2D eigenvalue weighted by Crippen LogP contribution is -2.38. The molecule has 1 aliphatic rings. The van der Waals surface area contributed by atoms with E-state index in [4.69, 9.17) is 0 Å². The van der Waals surface area contributed by atoms with Crippen molar-refractivity contribution in [3.05, 3.63) is 83.0 Å². The molecule has 0 spiro atoms. The molecule has 0 aliphatic carbocycles. The van der Waals surface area contributed by atoms with E-state index in [-0.39, 0.29) is 28.2 Å². The van der Waals surface area contributed by atoms with Gasteiger partial charge in [-0.1, -0.05) is 89.2 Å². The third-order valence-electron chi connectivity index (χ3n) is 8.08. The molecule has 1 aliphatic heterocycles. The Morgan fingerprint density at radius 3 is 2.17 bits per heavy atom. The monoisotopic (exact) mass is 471 g/mol. The van der Waals surface area contributed by atoms with Crippen LogP contribution in [-0.2, 0) is 16.4 Å². The lowest BCUT2D eigenvalue weighted by atomic mass is 9.71. The molecule has 1 aromatic heterocycles. The van der Waals surface area contributed by atoms with Crippen LogP contribution in [0.5, 0.6) is 0 Å². The number of ketones is 1. The van der Waals surface area contributed by atoms with Crippen molar-refractivity contribution in [1.29, 1.82) is 0 Å². The molecule has 4 rings (SSSR count). The third-order valence-corrected chi connectivity index (χ3v) is 8.08. The fourth-order valence-corrected chi connectivity index (χ4v) is 5.58. The minimum absolute atomic E-state index is 0.112. The van der Waals surface area contributed by atoms with Crippen LogP contribution in [0.4, 0.5) is 5.82 Å². The van der Waals surface area contributed by atoms with E-state index in [2.05, 4.69) is 107 Å². The first-order chi connectivity index (χ1) is 16.5. The number of hydrogen-bond donors (Lipinski definition) is 1. The van der Waals surface area contributed by atoms with Crippen LogP contribution in [0, 0.1) is 0 Å². The van der Waals surface area contributed by atoms with Crippen LogP contribution in [0.25, 0.3) is 0 Å². The lowest BCUT2D eigenvalue weighted by Gasteiger charge is -2.38. The molecule has 2 aromatic carbocycles. The van der Waals surface area contributed by atoms with Crippen molar-refractivity contribution in [3.63, 3.8) is 0 Å². The molecule has 0 fully saturated rings. The number of aromatic nitrogens is 2. The molecule has 0 saturated heterocycles. The van der Waals surface area contributed by atoms with Gasteiger partial charge in [-0.2, -0.15) is 5.10 Å². The minimum Gasteiger partial charge on any atom is -0.363 e. The standard InChI is InChI=1S/C31H41N3O/c1-8-31(9-2,24-17-15-23(16-18-24)29(3,4)5)20-27(35)25-21-32-34-28(25)33-26(19-30(34,6)7)22-13-11-10-12-14-22/h10-18,21,26,33H,8-9,19-20H2,1-7H3. The van der Waals surface area contributed by atoms with E-state index in [1.54, 1.807) is 6.20 Å². The molecule has 4 heteroatoms. The second-order valence-electron chi connectivity index (χ2n) is 11.9. The number of anilines is 1. The van der Waals surface area contributed by atoms with E-state index >= 15 is 0 Å². The van der Waals surface area contributed by atoms with Gasteiger partial charge >= 0.3 is 0 Å². The van der Waals surface area contributed by atoms with Crippen LogP contribution in [0.3, 0.4) is 0 Å². The van der Waals surface area contributed by atoms with Crippen molar-refractivity contribution in [2.75, 3.05) is 5.32 Å². The second kappa shape index (κ2) is 9.29. The molecule has 4 nitrogen and oxygen atoms in total. The fraction of sp³-hybridized carbons (Fsp3) is 0.484. The fourth-order valence-electron chi connectivity index (χ4n) is 5.58. The van der Waals surface area contributed by atoms with Crippen LogP contribution in [0.15, 0.2) is 60.8 Å². The summed E-state index contributed by atoms with van der Waals surface area (Å²) in [7, 11) is 0. The van der Waals surface area contributed by atoms with Crippen molar-refractivity contribution in [2.45, 2.75) is 96.6 Å². The number of nitrogens with zero attached hydrogens (tertiary/aromatic N) is 2. The van der Waals surface area contributed by atoms with Crippen LogP contribution in [0.2, 0.25) is 0 Å². The molecule has 186 valence electrons. The van der Waals surface area contributed by atoms with Gasteiger partial charge in [0.15, 0.2) is 5.78 Å². The molecule has 2 heterocycles. The van der Waals surface area contributed by atoms with Crippen molar-refractivity contribution >= 4 is 11.6 Å². The summed E-state index contributed by atoms with van der Waals surface area (Å²) in [6.45, 7) is 15.5. The molecule has 1 unspecified atom stereocenters. The molecule has 35 heavy (non-hydrogen) atoms. The van der Waals surface area contributed by atoms with Crippen LogP contribution >= 0.6 is 0 Å². The third kappa shape index (κ3) is 4.80. The quantitative estimate of drug-likeness (QED) is 0.358. The van der Waals surface area contributed by atoms with E-state index < -0.39 is 0 Å². The first-order valence-electron chi connectivity index (χ1n) is 13.0. The molecule has 1 N–H and O–H groups in total. The van der Waals surface area contributed by atoms with Crippen LogP contribution in [-0.4, -0.2) is 15.6 Å². The summed E-state index contributed by atoms with van der Waals surface area (Å²) in [4.78, 5) is 13.9. The van der Waals surface area contributed by atoms with Gasteiger partial charge in [0.2, 0.25) is 0 Å². The highest BCUT2D eigenvalue weighted by Crippen LogP contribution is 2.42. The van der Waals surface area contributed by atoms with Crippen LogP contribution < -0.4 is 5.32 Å². The summed E-state index contributed by atoms with van der Waals surface area (Å²) in [5.74, 6) is 1.01. The van der Waals surface area contributed by atoms with Gasteiger partial charge < -0.3 is 5.32 Å². The topological polar surface area (TPSA) is 46.9 Å². The highest BCUT2D eigenvalue weighted by molar-refractivity contribution is 6.01. The average Bonchev–Trinajstić information content (AvgIpc) is 3.28. The number of nitrogens with one attached hydrogen (secondary N) is 1. The number of carbonyl (C=O) groups is 1. The number of Topliss-reactive ketones (excluding diaryl/α,β-unsaturated/α-hetero) is 1. The summed E-state index contributed by atoms with van der Waals surface area (Å²) in [5, 5.41) is 8.35. The number of benzene rings is 2. The number of carbonyl (C=O) groups excluding carboxylic acids is 1. The Morgan fingerprint density at radius 1 is 1.00 bits per heavy atom. The normalized spacial score (nSPS) is 17.5. The first-order valence-corrected chi connectivity index (χ1v) is 13.0. The summed E-state index contributed by atoms with van der Waals surface area (Å²) < 4.78 is 2.01. The van der Waals surface area contributed by atoms with E-state index in [0.29, 0.717) is 12.0 Å². The molecule has 0 amide bonds. The van der Waals surface area contributed by atoms with E-state index in [1.165, 1.54) is 16.7 Å². The molecule has 3 aromatic rings. The van der Waals surface area contributed by atoms with Gasteiger partial charge in [0.1, 0.15) is 5.82 Å². The van der Waals surface area contributed by atoms with Gasteiger partial charge in [-0.05, 0) is 55.2 Å². The Bertz CT molecular complexity index is 1160. The molecular formula is C31H41N3O. The average molecular weight is 472 g/mol. The van der Waals surface area contributed by atoms with E-state index in [9.17, 15) is 4.79 Å². The molecule has 1 atom stereocenters. The van der Waals surface area contributed by atoms with Crippen LogP contribution in [0.1, 0.15) is 107 Å². The first kappa shape index (κ1) is 25.2. The Labute approximate surface area is 211 Å². The Kier molecular flexibility index (Phi) is 6.70. The molecule has 0 radical (unpaired) electrons. The second-order valence-corrected chi connectivity index (χ2v) is 11.9. The van der Waals surface area contributed by atoms with Gasteiger partial charge in [-0.15, -0.1) is 0 Å². The lowest BCUT2D eigenvalue weighted by molar-refractivity contribution is 0.0944. The maximum atomic E-state index is 13.9. The maximum absolute atomic E-state index is 13.9. The zero-order valence-electron chi connectivity index (χ0n) is 22.5. The Morgan fingerprint density at radius 2 is 1.60 bits per heavy atom. The van der Waals surface area contributed by atoms with Gasteiger partial charge in [0.25, 0.3) is 0 Å². The van der Waals surface area contributed by atoms with Crippen molar-refractivity contribution in [2.24, 2.45) is 0 Å². The van der Waals surface area contributed by atoms with Gasteiger partial charge in [0, 0.05) is 11.8 Å². The highest BCUT2D eigenvalue weighted by atomic mass is 16.1. The van der Waals surface area contributed by atoms with Gasteiger partial charge in [0.05, 0.1) is 23.3 Å². The van der Waals surface area contributed by atoms with Crippen molar-refractivity contribution in [1.82, 2.24) is 9.78 Å². The maximum Gasteiger partial charge on any atom is 0.169 e. The zero-order valence-corrected chi connectivity index (χ0v) is 22.5. The SMILES string of the molecule is CCC(CC)(CC(=O)c1cnn2c1NC(c1ccccc1)CC2(C)C)c1ccc(C(C)(C)C)cc1. The Hall–Kier alpha value is -2.88. The van der Waals surface area contributed by atoms with E-state index in [0.717, 1.165) is 25.1 Å². The number of fused-ring (bicyclic) bond motifs is 1. The van der Waals surface area contributed by atoms with Crippen molar-refractivity contribution < 1.29 is 4.79 Å².